The number of pyridine rings is 2. The minimum atomic E-state index is -0.942. The van der Waals surface area contributed by atoms with Crippen molar-refractivity contribution in [2.24, 2.45) is 9.98 Å². The van der Waals surface area contributed by atoms with Crippen LogP contribution in [0.4, 0.5) is 5.69 Å². The average Bonchev–Trinajstić information content (AvgIpc) is 3.13. The van der Waals surface area contributed by atoms with Crippen molar-refractivity contribution in [3.63, 3.8) is 0 Å². The fourth-order valence-corrected chi connectivity index (χ4v) is 6.20. The molecular weight excluding hydrogens is 636 g/mol. The van der Waals surface area contributed by atoms with Crippen LogP contribution in [0.15, 0.2) is 83.0 Å². The number of nitrogens with one attached hydrogen (secondary N) is 2. The van der Waals surface area contributed by atoms with Crippen LogP contribution in [0.5, 0.6) is 0 Å². The number of rotatable bonds is 10. The van der Waals surface area contributed by atoms with Gasteiger partial charge in [-0.2, -0.15) is 0 Å². The SMILES string of the molecule is Cc1c(CC(=O)c2ccc(C3=NCCC(C(=O)O)N3)cn2)cccc1-c1cccc(NC(=O)c2ccc(C3=NC(C(=O)O)CCC3)cn2)c1C. The second-order valence-corrected chi connectivity index (χ2v) is 12.4. The van der Waals surface area contributed by atoms with Gasteiger partial charge in [0.05, 0.1) is 0 Å². The van der Waals surface area contributed by atoms with E-state index in [4.69, 9.17) is 0 Å². The number of hydrogen-bond donors (Lipinski definition) is 4. The molecule has 6 rings (SSSR count). The lowest BCUT2D eigenvalue weighted by Crippen LogP contribution is -2.44. The monoisotopic (exact) mass is 672 g/mol. The summed E-state index contributed by atoms with van der Waals surface area (Å²) < 4.78 is 0. The number of aliphatic imine (C=N–C) groups is 2. The number of hydrogen-bond acceptors (Lipinski definition) is 9. The second-order valence-electron chi connectivity index (χ2n) is 12.4. The molecule has 2 aliphatic heterocycles. The third-order valence-corrected chi connectivity index (χ3v) is 9.11. The molecule has 0 saturated heterocycles. The van der Waals surface area contributed by atoms with E-state index in [-0.39, 0.29) is 23.8 Å². The van der Waals surface area contributed by atoms with E-state index in [0.717, 1.165) is 34.2 Å². The molecule has 4 heterocycles. The number of nitrogens with zero attached hydrogens (tertiary/aromatic N) is 4. The molecule has 0 spiro atoms. The summed E-state index contributed by atoms with van der Waals surface area (Å²) in [6, 6.07) is 16.7. The van der Waals surface area contributed by atoms with Gasteiger partial charge in [-0.3, -0.25) is 29.5 Å². The van der Waals surface area contributed by atoms with Crippen LogP contribution in [0.25, 0.3) is 11.1 Å². The predicted molar refractivity (Wildman–Crippen MR) is 188 cm³/mol. The topological polar surface area (TPSA) is 183 Å². The minimum absolute atomic E-state index is 0.132. The molecule has 50 heavy (non-hydrogen) atoms. The first-order chi connectivity index (χ1) is 24.1. The Bertz CT molecular complexity index is 2040. The molecule has 1 amide bonds. The van der Waals surface area contributed by atoms with E-state index in [2.05, 4.69) is 30.6 Å². The number of aliphatic carboxylic acids is 2. The molecule has 12 nitrogen and oxygen atoms in total. The zero-order valence-electron chi connectivity index (χ0n) is 27.6. The van der Waals surface area contributed by atoms with Gasteiger partial charge >= 0.3 is 11.9 Å². The number of anilines is 1. The van der Waals surface area contributed by atoms with Gasteiger partial charge in [0, 0.05) is 47.9 Å². The summed E-state index contributed by atoms with van der Waals surface area (Å²) in [6.45, 7) is 4.28. The van der Waals surface area contributed by atoms with Gasteiger partial charge in [-0.1, -0.05) is 30.3 Å². The van der Waals surface area contributed by atoms with Crippen molar-refractivity contribution in [1.82, 2.24) is 15.3 Å². The van der Waals surface area contributed by atoms with Gasteiger partial charge in [0.15, 0.2) is 5.78 Å². The largest absolute Gasteiger partial charge is 0.480 e. The molecule has 0 bridgehead atoms. The average molecular weight is 673 g/mol. The van der Waals surface area contributed by atoms with Crippen molar-refractivity contribution >= 4 is 40.9 Å². The van der Waals surface area contributed by atoms with E-state index >= 15 is 0 Å². The summed E-state index contributed by atoms with van der Waals surface area (Å²) in [5.41, 5.74) is 7.59. The number of carboxylic acid groups (broad SMARTS) is 2. The number of aromatic nitrogens is 2. The van der Waals surface area contributed by atoms with Crippen molar-refractivity contribution < 1.29 is 29.4 Å². The zero-order chi connectivity index (χ0) is 35.4. The highest BCUT2D eigenvalue weighted by atomic mass is 16.4. The minimum Gasteiger partial charge on any atom is -0.480 e. The van der Waals surface area contributed by atoms with E-state index < -0.39 is 24.0 Å². The lowest BCUT2D eigenvalue weighted by Gasteiger charge is -2.21. The Labute approximate surface area is 288 Å². The van der Waals surface area contributed by atoms with Gasteiger partial charge in [0.25, 0.3) is 5.91 Å². The number of amidine groups is 1. The number of ketones is 1. The molecule has 2 unspecified atom stereocenters. The summed E-state index contributed by atoms with van der Waals surface area (Å²) in [4.78, 5) is 66.7. The molecule has 254 valence electrons. The Balaban J connectivity index is 1.15. The normalized spacial score (nSPS) is 17.2. The fraction of sp³-hybridized carbons (Fsp3) is 0.263. The first-order valence-electron chi connectivity index (χ1n) is 16.4. The van der Waals surface area contributed by atoms with Crippen LogP contribution >= 0.6 is 0 Å². The zero-order valence-corrected chi connectivity index (χ0v) is 27.6. The van der Waals surface area contributed by atoms with Gasteiger partial charge in [0.1, 0.15) is 29.3 Å². The van der Waals surface area contributed by atoms with E-state index in [0.29, 0.717) is 59.9 Å². The standard InChI is InChI=1S/C38H36N6O6/c1-21-23(18-34(45)30-14-13-25(20-40-30)35-39-17-16-33(43-35)38(49)50)6-3-7-26(21)27-8-4-9-28(22(27)2)44-36(46)31-15-12-24(19-41-31)29-10-5-11-32(42-29)37(47)48/h3-4,6-9,12-15,19-20,32-33H,5,10-11,16-18H2,1-2H3,(H,39,43)(H,44,46)(H,47,48)(H,49,50). The molecule has 0 saturated carbocycles. The Kier molecular flexibility index (Phi) is 9.89. The summed E-state index contributed by atoms with van der Waals surface area (Å²) >= 11 is 0. The van der Waals surface area contributed by atoms with Crippen molar-refractivity contribution in [2.75, 3.05) is 11.9 Å². The molecule has 2 aliphatic rings. The molecule has 2 atom stereocenters. The number of carbonyl (C=O) groups excluding carboxylic acids is 2. The highest BCUT2D eigenvalue weighted by Crippen LogP contribution is 2.33. The van der Waals surface area contributed by atoms with Crippen LogP contribution in [0.3, 0.4) is 0 Å². The fourth-order valence-electron chi connectivity index (χ4n) is 6.20. The van der Waals surface area contributed by atoms with E-state index in [1.165, 1.54) is 6.20 Å². The molecule has 4 N–H and O–H groups in total. The molecule has 2 aromatic heterocycles. The summed E-state index contributed by atoms with van der Waals surface area (Å²) in [6.07, 6.45) is 5.52. The number of benzene rings is 2. The maximum absolute atomic E-state index is 13.3. The van der Waals surface area contributed by atoms with Crippen molar-refractivity contribution in [3.8, 4) is 11.1 Å². The van der Waals surface area contributed by atoms with Crippen LogP contribution < -0.4 is 10.6 Å². The van der Waals surface area contributed by atoms with Crippen molar-refractivity contribution in [1.29, 1.82) is 0 Å². The van der Waals surface area contributed by atoms with Crippen molar-refractivity contribution in [3.05, 3.63) is 112 Å². The summed E-state index contributed by atoms with van der Waals surface area (Å²) in [5, 5.41) is 24.5. The highest BCUT2D eigenvalue weighted by molar-refractivity contribution is 6.06. The van der Waals surface area contributed by atoms with Gasteiger partial charge < -0.3 is 20.8 Å². The van der Waals surface area contributed by atoms with E-state index in [1.54, 1.807) is 30.5 Å². The lowest BCUT2D eigenvalue weighted by molar-refractivity contribution is -0.139. The Morgan fingerprint density at radius 1 is 0.820 bits per heavy atom. The smallest absolute Gasteiger partial charge is 0.328 e. The number of Topliss-reactive ketones (excluding diaryl/α,β-unsaturated/α-hetero) is 1. The van der Waals surface area contributed by atoms with Crippen LogP contribution in [0, 0.1) is 13.8 Å². The van der Waals surface area contributed by atoms with Crippen LogP contribution in [-0.4, -0.2) is 74.0 Å². The molecule has 4 aromatic rings. The Morgan fingerprint density at radius 2 is 1.52 bits per heavy atom. The molecule has 2 aromatic carbocycles. The molecule has 12 heteroatoms. The van der Waals surface area contributed by atoms with Gasteiger partial charge in [-0.25, -0.2) is 9.59 Å². The Hall–Kier alpha value is -6.04. The lowest BCUT2D eigenvalue weighted by atomic mass is 9.91. The molecule has 0 fully saturated rings. The van der Waals surface area contributed by atoms with Crippen LogP contribution in [-0.2, 0) is 16.0 Å². The number of amides is 1. The van der Waals surface area contributed by atoms with Gasteiger partial charge in [-0.15, -0.1) is 0 Å². The van der Waals surface area contributed by atoms with Gasteiger partial charge in [-0.05, 0) is 97.7 Å². The predicted octanol–water partition coefficient (Wildman–Crippen LogP) is 5.06. The third kappa shape index (κ3) is 7.34. The Morgan fingerprint density at radius 3 is 2.22 bits per heavy atom. The second kappa shape index (κ2) is 14.6. The van der Waals surface area contributed by atoms with Gasteiger partial charge in [0.2, 0.25) is 0 Å². The number of carboxylic acids is 2. The summed E-state index contributed by atoms with van der Waals surface area (Å²) in [7, 11) is 0. The first kappa shape index (κ1) is 33.8. The van der Waals surface area contributed by atoms with Crippen LogP contribution in [0.2, 0.25) is 0 Å². The quantitative estimate of drug-likeness (QED) is 0.167. The number of carbonyl (C=O) groups is 4. The van der Waals surface area contributed by atoms with E-state index in [9.17, 15) is 29.4 Å². The van der Waals surface area contributed by atoms with Crippen molar-refractivity contribution in [2.45, 2.75) is 58.0 Å². The maximum atomic E-state index is 13.3. The highest BCUT2D eigenvalue weighted by Gasteiger charge is 2.24. The third-order valence-electron chi connectivity index (χ3n) is 9.11. The van der Waals surface area contributed by atoms with E-state index in [1.807, 2.05) is 50.2 Å². The summed E-state index contributed by atoms with van der Waals surface area (Å²) in [5.74, 6) is -1.97. The molecule has 0 radical (unpaired) electrons. The molecule has 0 aliphatic carbocycles. The first-order valence-corrected chi connectivity index (χ1v) is 16.4. The maximum Gasteiger partial charge on any atom is 0.328 e. The van der Waals surface area contributed by atoms with Crippen LogP contribution in [0.1, 0.15) is 74.5 Å². The molecular formula is C38H36N6O6.